The van der Waals surface area contributed by atoms with Crippen LogP contribution in [0.1, 0.15) is 41.7 Å². The fourth-order valence-corrected chi connectivity index (χ4v) is 3.67. The number of carbonyl (C=O) groups excluding carboxylic acids is 3. The molecular formula is C18H20ClN3O4. The summed E-state index contributed by atoms with van der Waals surface area (Å²) < 4.78 is 4.77. The molecule has 3 rings (SSSR count). The zero-order valence-corrected chi connectivity index (χ0v) is 15.1. The number of aromatic nitrogens is 1. The van der Waals surface area contributed by atoms with Crippen molar-refractivity contribution in [1.82, 2.24) is 9.88 Å². The second-order valence-electron chi connectivity index (χ2n) is 6.25. The molecule has 0 radical (unpaired) electrons. The third kappa shape index (κ3) is 3.39. The molecule has 138 valence electrons. The van der Waals surface area contributed by atoms with Crippen LogP contribution in [0.3, 0.4) is 0 Å². The predicted molar refractivity (Wildman–Crippen MR) is 97.0 cm³/mol. The summed E-state index contributed by atoms with van der Waals surface area (Å²) in [7, 11) is 0. The Morgan fingerprint density at radius 3 is 2.62 bits per heavy atom. The van der Waals surface area contributed by atoms with Gasteiger partial charge in [0.05, 0.1) is 6.61 Å². The molecule has 1 aromatic carbocycles. The number of fused-ring (bicyclic) bond motifs is 1. The maximum atomic E-state index is 12.1. The maximum absolute atomic E-state index is 12.1. The molecule has 2 amide bonds. The van der Waals surface area contributed by atoms with Gasteiger partial charge in [-0.3, -0.25) is 9.59 Å². The van der Waals surface area contributed by atoms with Crippen molar-refractivity contribution in [1.29, 1.82) is 0 Å². The molecule has 1 aliphatic heterocycles. The lowest BCUT2D eigenvalue weighted by Crippen LogP contribution is -2.42. The third-order valence-electron chi connectivity index (χ3n) is 4.69. The Morgan fingerprint density at radius 1 is 1.31 bits per heavy atom. The number of nitrogens with one attached hydrogen (secondary N) is 1. The first-order chi connectivity index (χ1) is 12.4. The number of aromatic amines is 1. The van der Waals surface area contributed by atoms with Crippen molar-refractivity contribution < 1.29 is 19.1 Å². The van der Waals surface area contributed by atoms with Crippen LogP contribution in [0.2, 0.25) is 5.02 Å². The molecule has 1 aromatic heterocycles. The molecule has 26 heavy (non-hydrogen) atoms. The minimum atomic E-state index is -0.831. The number of likely N-dealkylation sites (tertiary alicyclic amines) is 1. The summed E-state index contributed by atoms with van der Waals surface area (Å²) >= 11 is 6.11. The number of hydrogen-bond acceptors (Lipinski definition) is 4. The fraction of sp³-hybridized carbons (Fsp3) is 0.389. The van der Waals surface area contributed by atoms with Gasteiger partial charge in [-0.25, -0.2) is 4.79 Å². The van der Waals surface area contributed by atoms with Crippen molar-refractivity contribution in [2.45, 2.75) is 25.7 Å². The molecule has 0 aliphatic carbocycles. The van der Waals surface area contributed by atoms with Crippen molar-refractivity contribution in [2.75, 3.05) is 19.7 Å². The van der Waals surface area contributed by atoms with Crippen LogP contribution in [0.15, 0.2) is 18.2 Å². The molecule has 0 bridgehead atoms. The molecule has 0 saturated carbocycles. The van der Waals surface area contributed by atoms with Gasteiger partial charge in [0.15, 0.2) is 0 Å². The van der Waals surface area contributed by atoms with Gasteiger partial charge < -0.3 is 20.4 Å². The summed E-state index contributed by atoms with van der Waals surface area (Å²) in [5.41, 5.74) is 7.54. The molecule has 1 fully saturated rings. The van der Waals surface area contributed by atoms with Gasteiger partial charge in [0.1, 0.15) is 5.69 Å². The van der Waals surface area contributed by atoms with E-state index in [9.17, 15) is 14.4 Å². The van der Waals surface area contributed by atoms with E-state index < -0.39 is 17.8 Å². The molecule has 1 aliphatic rings. The van der Waals surface area contributed by atoms with Gasteiger partial charge in [-0.05, 0) is 49.4 Å². The molecule has 7 nitrogen and oxygen atoms in total. The van der Waals surface area contributed by atoms with E-state index in [1.165, 1.54) is 4.90 Å². The zero-order chi connectivity index (χ0) is 18.8. The molecule has 3 N–H and O–H groups in total. The number of carbonyl (C=O) groups is 3. The first-order valence-electron chi connectivity index (χ1n) is 8.49. The van der Waals surface area contributed by atoms with Crippen molar-refractivity contribution in [3.63, 3.8) is 0 Å². The summed E-state index contributed by atoms with van der Waals surface area (Å²) in [5.74, 6) is -1.95. The maximum Gasteiger partial charge on any atom is 0.397 e. The van der Waals surface area contributed by atoms with E-state index in [2.05, 4.69) is 4.98 Å². The SMILES string of the molecule is CCOC(=O)C(=O)N1CCC(c2c(C(N)=O)[nH]c3ccc(Cl)cc23)CC1. The quantitative estimate of drug-likeness (QED) is 0.631. The van der Waals surface area contributed by atoms with Crippen molar-refractivity contribution in [3.8, 4) is 0 Å². The Hall–Kier alpha value is -2.54. The van der Waals surface area contributed by atoms with Gasteiger partial charge in [0.25, 0.3) is 5.91 Å². The number of rotatable bonds is 3. The Morgan fingerprint density at radius 2 is 2.00 bits per heavy atom. The second-order valence-corrected chi connectivity index (χ2v) is 6.69. The number of esters is 1. The van der Waals surface area contributed by atoms with Crippen molar-refractivity contribution in [3.05, 3.63) is 34.5 Å². The Kier molecular flexibility index (Phi) is 5.18. The largest absolute Gasteiger partial charge is 0.459 e. The van der Waals surface area contributed by atoms with Gasteiger partial charge >= 0.3 is 11.9 Å². The first-order valence-corrected chi connectivity index (χ1v) is 8.87. The number of amides is 2. The van der Waals surface area contributed by atoms with E-state index in [0.717, 1.165) is 16.5 Å². The standard InChI is InChI=1S/C18H20ClN3O4/c1-2-26-18(25)17(24)22-7-5-10(6-8-22)14-12-9-11(19)3-4-13(12)21-15(14)16(20)23/h3-4,9-10,21H,2,5-8H2,1H3,(H2,20,23). The summed E-state index contributed by atoms with van der Waals surface area (Å²) in [5, 5.41) is 1.44. The van der Waals surface area contributed by atoms with Crippen LogP contribution < -0.4 is 5.73 Å². The minimum absolute atomic E-state index is 0.0379. The monoisotopic (exact) mass is 377 g/mol. The van der Waals surface area contributed by atoms with Gasteiger partial charge in [0.2, 0.25) is 0 Å². The van der Waals surface area contributed by atoms with Crippen LogP contribution in [0.4, 0.5) is 0 Å². The van der Waals surface area contributed by atoms with Crippen molar-refractivity contribution in [2.24, 2.45) is 5.73 Å². The average Bonchev–Trinajstić information content (AvgIpc) is 3.00. The second kappa shape index (κ2) is 7.37. The third-order valence-corrected chi connectivity index (χ3v) is 4.92. The number of halogens is 1. The lowest BCUT2D eigenvalue weighted by molar-refractivity contribution is -0.160. The highest BCUT2D eigenvalue weighted by Gasteiger charge is 2.31. The number of nitrogens with zero attached hydrogens (tertiary/aromatic N) is 1. The normalized spacial score (nSPS) is 15.2. The van der Waals surface area contributed by atoms with Crippen LogP contribution in [-0.4, -0.2) is 47.4 Å². The molecule has 2 heterocycles. The van der Waals surface area contributed by atoms with E-state index in [1.807, 2.05) is 12.1 Å². The van der Waals surface area contributed by atoms with Crippen LogP contribution in [0, 0.1) is 0 Å². The number of H-pyrrole nitrogens is 1. The topological polar surface area (TPSA) is 105 Å². The van der Waals surface area contributed by atoms with E-state index >= 15 is 0 Å². The summed E-state index contributed by atoms with van der Waals surface area (Å²) in [6.07, 6.45) is 1.23. The van der Waals surface area contributed by atoms with E-state index in [4.69, 9.17) is 22.1 Å². The Labute approximate surface area is 155 Å². The number of ether oxygens (including phenoxy) is 1. The average molecular weight is 378 g/mol. The van der Waals surface area contributed by atoms with E-state index in [0.29, 0.717) is 36.6 Å². The predicted octanol–water partition coefficient (Wildman–Crippen LogP) is 2.19. The van der Waals surface area contributed by atoms with Gasteiger partial charge in [-0.15, -0.1) is 0 Å². The fourth-order valence-electron chi connectivity index (χ4n) is 3.50. The van der Waals surface area contributed by atoms with Crippen LogP contribution in [-0.2, 0) is 14.3 Å². The van der Waals surface area contributed by atoms with Gasteiger partial charge in [-0.2, -0.15) is 0 Å². The lowest BCUT2D eigenvalue weighted by Gasteiger charge is -2.31. The summed E-state index contributed by atoms with van der Waals surface area (Å²) in [4.78, 5) is 40.1. The zero-order valence-electron chi connectivity index (χ0n) is 14.4. The molecular weight excluding hydrogens is 358 g/mol. The number of hydrogen-bond donors (Lipinski definition) is 2. The molecule has 1 saturated heterocycles. The van der Waals surface area contributed by atoms with Crippen LogP contribution in [0.25, 0.3) is 10.9 Å². The summed E-state index contributed by atoms with van der Waals surface area (Å²) in [6.45, 7) is 2.64. The number of primary amides is 1. The Bertz CT molecular complexity index is 869. The summed E-state index contributed by atoms with van der Waals surface area (Å²) in [6, 6.07) is 5.37. The number of benzene rings is 1. The number of piperidine rings is 1. The van der Waals surface area contributed by atoms with Crippen molar-refractivity contribution >= 4 is 40.3 Å². The lowest BCUT2D eigenvalue weighted by atomic mass is 9.87. The molecule has 8 heteroatoms. The van der Waals surface area contributed by atoms with Crippen LogP contribution in [0.5, 0.6) is 0 Å². The first kappa shape index (κ1) is 18.3. The van der Waals surface area contributed by atoms with Crippen LogP contribution >= 0.6 is 11.6 Å². The molecule has 2 aromatic rings. The minimum Gasteiger partial charge on any atom is -0.459 e. The number of nitrogens with two attached hydrogens (primary N) is 1. The van der Waals surface area contributed by atoms with E-state index in [1.54, 1.807) is 13.0 Å². The van der Waals surface area contributed by atoms with E-state index in [-0.39, 0.29) is 12.5 Å². The van der Waals surface area contributed by atoms with Gasteiger partial charge in [-0.1, -0.05) is 11.6 Å². The highest BCUT2D eigenvalue weighted by Crippen LogP contribution is 2.36. The molecule has 0 atom stereocenters. The highest BCUT2D eigenvalue weighted by molar-refractivity contribution is 6.32. The molecule has 0 spiro atoms. The molecule has 0 unspecified atom stereocenters. The highest BCUT2D eigenvalue weighted by atomic mass is 35.5. The van der Waals surface area contributed by atoms with Gasteiger partial charge in [0, 0.05) is 29.0 Å². The smallest absolute Gasteiger partial charge is 0.397 e. The Balaban J connectivity index is 1.84.